The quantitative estimate of drug-likeness (QED) is 0.528. The van der Waals surface area contributed by atoms with E-state index in [-0.39, 0.29) is 17.1 Å². The van der Waals surface area contributed by atoms with E-state index >= 15 is 0 Å². The molecule has 0 amide bonds. The number of nitrogens with one attached hydrogen (secondary N) is 1. The lowest BCUT2D eigenvalue weighted by molar-refractivity contribution is -0.151. The number of carbonyl (C=O) groups excluding carboxylic acids is 3. The average Bonchev–Trinajstić information content (AvgIpc) is 2.71. The second kappa shape index (κ2) is 9.03. The van der Waals surface area contributed by atoms with Crippen molar-refractivity contribution in [2.75, 3.05) is 7.11 Å². The first-order chi connectivity index (χ1) is 15.4. The molecule has 9 heteroatoms. The van der Waals surface area contributed by atoms with Gasteiger partial charge in [-0.25, -0.2) is 4.79 Å². The van der Waals surface area contributed by atoms with Gasteiger partial charge in [-0.2, -0.15) is 13.2 Å². The van der Waals surface area contributed by atoms with Gasteiger partial charge < -0.3 is 14.8 Å². The maximum atomic E-state index is 13.5. The monoisotopic (exact) mass is 465 g/mol. The molecule has 0 radical (unpaired) electrons. The van der Waals surface area contributed by atoms with Crippen LogP contribution < -0.4 is 5.32 Å². The summed E-state index contributed by atoms with van der Waals surface area (Å²) >= 11 is 0. The van der Waals surface area contributed by atoms with Gasteiger partial charge in [0, 0.05) is 22.9 Å². The minimum absolute atomic E-state index is 0.119. The van der Waals surface area contributed by atoms with Gasteiger partial charge in [-0.1, -0.05) is 19.1 Å². The van der Waals surface area contributed by atoms with E-state index in [1.165, 1.54) is 19.2 Å². The fourth-order valence-electron chi connectivity index (χ4n) is 4.43. The number of allylic oxidation sites excluding steroid dienone is 3. The molecule has 1 N–H and O–H groups in total. The molecule has 0 bridgehead atoms. The molecule has 0 spiro atoms. The lowest BCUT2D eigenvalue weighted by Crippen LogP contribution is -2.43. The standard InChI is InChI=1S/C24H26F3NO5/c1-11(2)33-23(31)18-13(4)28-16-10-12(3)17(22(30)32-5)21(29)20(16)19(18)14-6-8-15(9-7-14)24(25,26)27/h6-9,11-12,17,19,28H,10H2,1-5H3/t12-,17+,19-/m0/s1. The topological polar surface area (TPSA) is 81.7 Å². The first kappa shape index (κ1) is 24.5. The van der Waals surface area contributed by atoms with Crippen molar-refractivity contribution in [1.29, 1.82) is 0 Å². The summed E-state index contributed by atoms with van der Waals surface area (Å²) in [5.41, 5.74) is 0.742. The van der Waals surface area contributed by atoms with Gasteiger partial charge in [0.25, 0.3) is 0 Å². The van der Waals surface area contributed by atoms with Crippen molar-refractivity contribution in [3.05, 3.63) is 57.9 Å². The van der Waals surface area contributed by atoms with E-state index < -0.39 is 47.4 Å². The van der Waals surface area contributed by atoms with Crippen LogP contribution >= 0.6 is 0 Å². The van der Waals surface area contributed by atoms with E-state index in [1.54, 1.807) is 27.7 Å². The molecule has 3 rings (SSSR count). The predicted molar refractivity (Wildman–Crippen MR) is 113 cm³/mol. The van der Waals surface area contributed by atoms with Gasteiger partial charge in [-0.05, 0) is 50.8 Å². The summed E-state index contributed by atoms with van der Waals surface area (Å²) in [5.74, 6) is -4.32. The van der Waals surface area contributed by atoms with Gasteiger partial charge in [-0.3, -0.25) is 9.59 Å². The molecule has 0 unspecified atom stereocenters. The number of rotatable bonds is 4. The largest absolute Gasteiger partial charge is 0.468 e. The minimum atomic E-state index is -4.53. The fraction of sp³-hybridized carbons (Fsp3) is 0.458. The Kier molecular flexibility index (Phi) is 6.72. The highest BCUT2D eigenvalue weighted by atomic mass is 19.4. The van der Waals surface area contributed by atoms with Crippen LogP contribution in [0.1, 0.15) is 51.2 Å². The maximum absolute atomic E-state index is 13.5. The number of carbonyl (C=O) groups is 3. The van der Waals surface area contributed by atoms with Crippen molar-refractivity contribution < 1.29 is 37.0 Å². The SMILES string of the molecule is COC(=O)[C@H]1C(=O)C2=C(C[C@@H]1C)NC(C)=C(C(=O)OC(C)C)[C@@H]2c1ccc(C(F)(F)F)cc1. The Labute approximate surface area is 189 Å². The Morgan fingerprint density at radius 3 is 2.27 bits per heavy atom. The molecule has 0 aromatic heterocycles. The molecule has 0 saturated heterocycles. The Hall–Kier alpha value is -3.10. The molecular formula is C24H26F3NO5. The summed E-state index contributed by atoms with van der Waals surface area (Å²) in [7, 11) is 1.19. The fourth-order valence-corrected chi connectivity index (χ4v) is 4.43. The molecule has 178 valence electrons. The van der Waals surface area contributed by atoms with E-state index in [9.17, 15) is 27.6 Å². The number of hydrogen-bond acceptors (Lipinski definition) is 6. The van der Waals surface area contributed by atoms with Crippen LogP contribution in [0.15, 0.2) is 46.8 Å². The number of halogens is 3. The Morgan fingerprint density at radius 1 is 1.15 bits per heavy atom. The van der Waals surface area contributed by atoms with Crippen molar-refractivity contribution in [2.24, 2.45) is 11.8 Å². The number of hydrogen-bond donors (Lipinski definition) is 1. The normalized spacial score (nSPS) is 23.3. The number of esters is 2. The molecule has 0 saturated carbocycles. The highest BCUT2D eigenvalue weighted by molar-refractivity contribution is 6.12. The van der Waals surface area contributed by atoms with Crippen molar-refractivity contribution in [2.45, 2.75) is 52.3 Å². The molecule has 1 aromatic carbocycles. The average molecular weight is 465 g/mol. The van der Waals surface area contributed by atoms with Gasteiger partial charge in [0.1, 0.15) is 5.92 Å². The van der Waals surface area contributed by atoms with Crippen LogP contribution in [0, 0.1) is 11.8 Å². The van der Waals surface area contributed by atoms with Crippen LogP contribution in [0.2, 0.25) is 0 Å². The number of benzene rings is 1. The van der Waals surface area contributed by atoms with Crippen LogP contribution in [0.3, 0.4) is 0 Å². The molecule has 33 heavy (non-hydrogen) atoms. The van der Waals surface area contributed by atoms with E-state index in [0.29, 0.717) is 23.4 Å². The molecule has 2 aliphatic rings. The first-order valence-electron chi connectivity index (χ1n) is 10.6. The van der Waals surface area contributed by atoms with Crippen LogP contribution in [0.25, 0.3) is 0 Å². The number of ketones is 1. The lowest BCUT2D eigenvalue weighted by atomic mass is 9.69. The van der Waals surface area contributed by atoms with Crippen LogP contribution in [-0.4, -0.2) is 30.9 Å². The van der Waals surface area contributed by atoms with Crippen molar-refractivity contribution in [1.82, 2.24) is 5.32 Å². The molecule has 1 aliphatic carbocycles. The molecular weight excluding hydrogens is 439 g/mol. The van der Waals surface area contributed by atoms with Gasteiger partial charge in [0.2, 0.25) is 0 Å². The Bertz CT molecular complexity index is 1040. The van der Waals surface area contributed by atoms with Gasteiger partial charge >= 0.3 is 18.1 Å². The second-order valence-corrected chi connectivity index (χ2v) is 8.61. The summed E-state index contributed by atoms with van der Waals surface area (Å²) < 4.78 is 49.6. The zero-order valence-corrected chi connectivity index (χ0v) is 19.0. The lowest BCUT2D eigenvalue weighted by Gasteiger charge is -2.38. The maximum Gasteiger partial charge on any atom is 0.416 e. The number of methoxy groups -OCH3 is 1. The zero-order chi connectivity index (χ0) is 24.7. The molecule has 1 aromatic rings. The highest BCUT2D eigenvalue weighted by Gasteiger charge is 2.47. The van der Waals surface area contributed by atoms with E-state index in [4.69, 9.17) is 9.47 Å². The van der Waals surface area contributed by atoms with E-state index in [1.807, 2.05) is 0 Å². The summed E-state index contributed by atoms with van der Waals surface area (Å²) in [6.45, 7) is 6.74. The van der Waals surface area contributed by atoms with Gasteiger partial charge in [0.15, 0.2) is 5.78 Å². The summed E-state index contributed by atoms with van der Waals surface area (Å²) in [5, 5.41) is 3.10. The smallest absolute Gasteiger partial charge is 0.416 e. The minimum Gasteiger partial charge on any atom is -0.468 e. The molecule has 1 aliphatic heterocycles. The number of dihydropyridines is 1. The van der Waals surface area contributed by atoms with Crippen molar-refractivity contribution in [3.8, 4) is 0 Å². The van der Waals surface area contributed by atoms with Gasteiger partial charge in [-0.15, -0.1) is 0 Å². The third-order valence-corrected chi connectivity index (χ3v) is 5.88. The Morgan fingerprint density at radius 2 is 1.76 bits per heavy atom. The number of Topliss-reactive ketones (excluding diaryl/α,β-unsaturated/α-hetero) is 1. The summed E-state index contributed by atoms with van der Waals surface area (Å²) in [4.78, 5) is 38.9. The van der Waals surface area contributed by atoms with Crippen LogP contribution in [0.4, 0.5) is 13.2 Å². The highest BCUT2D eigenvalue weighted by Crippen LogP contribution is 2.46. The first-order valence-corrected chi connectivity index (χ1v) is 10.6. The predicted octanol–water partition coefficient (Wildman–Crippen LogP) is 4.27. The summed E-state index contributed by atoms with van der Waals surface area (Å²) in [6, 6.07) is 4.31. The summed E-state index contributed by atoms with van der Waals surface area (Å²) in [6.07, 6.45) is -4.65. The van der Waals surface area contributed by atoms with E-state index in [0.717, 1.165) is 12.1 Å². The third-order valence-electron chi connectivity index (χ3n) is 5.88. The molecule has 0 fully saturated rings. The number of ether oxygens (including phenoxy) is 2. The number of alkyl halides is 3. The third kappa shape index (κ3) is 4.67. The van der Waals surface area contributed by atoms with Gasteiger partial charge in [0.05, 0.1) is 24.4 Å². The van der Waals surface area contributed by atoms with Crippen LogP contribution in [0.5, 0.6) is 0 Å². The van der Waals surface area contributed by atoms with Crippen molar-refractivity contribution >= 4 is 17.7 Å². The van der Waals surface area contributed by atoms with Crippen molar-refractivity contribution in [3.63, 3.8) is 0 Å². The van der Waals surface area contributed by atoms with E-state index in [2.05, 4.69) is 5.32 Å². The molecule has 6 nitrogen and oxygen atoms in total. The second-order valence-electron chi connectivity index (χ2n) is 8.61. The zero-order valence-electron chi connectivity index (χ0n) is 19.0. The Balaban J connectivity index is 2.18. The molecule has 1 heterocycles. The van der Waals surface area contributed by atoms with Crippen LogP contribution in [-0.2, 0) is 30.0 Å². The molecule has 3 atom stereocenters.